The van der Waals surface area contributed by atoms with Gasteiger partial charge in [0.05, 0.1) is 26.4 Å². The quantitative estimate of drug-likeness (QED) is 0.425. The monoisotopic (exact) mass is 266 g/mol. The smallest absolute Gasteiger partial charge is 0.0701 e. The number of hydrogen-bond acceptors (Lipinski definition) is 3. The highest BCUT2D eigenvalue weighted by molar-refractivity contribution is 6.18. The van der Waals surface area contributed by atoms with Gasteiger partial charge in [0.15, 0.2) is 0 Å². The van der Waals surface area contributed by atoms with Crippen LogP contribution in [0.1, 0.15) is 27.2 Å². The Balaban J connectivity index is 3.44. The van der Waals surface area contributed by atoms with Crippen molar-refractivity contribution in [3.63, 3.8) is 0 Å². The predicted octanol–water partition coefficient (Wildman–Crippen LogP) is 2.96. The zero-order chi connectivity index (χ0) is 13.1. The van der Waals surface area contributed by atoms with Crippen LogP contribution < -0.4 is 0 Å². The topological polar surface area (TPSA) is 27.7 Å². The molecule has 0 saturated heterocycles. The minimum Gasteiger partial charge on any atom is -0.382 e. The van der Waals surface area contributed by atoms with E-state index in [1.54, 1.807) is 7.11 Å². The second-order valence-electron chi connectivity index (χ2n) is 4.91. The van der Waals surface area contributed by atoms with Crippen molar-refractivity contribution in [1.82, 2.24) is 0 Å². The van der Waals surface area contributed by atoms with E-state index in [9.17, 15) is 0 Å². The molecular weight excluding hydrogens is 240 g/mol. The lowest BCUT2D eigenvalue weighted by molar-refractivity contribution is 0.0158. The summed E-state index contributed by atoms with van der Waals surface area (Å²) in [5, 5.41) is 0. The van der Waals surface area contributed by atoms with E-state index in [0.717, 1.165) is 13.0 Å². The average molecular weight is 267 g/mol. The summed E-state index contributed by atoms with van der Waals surface area (Å²) < 4.78 is 15.7. The molecule has 17 heavy (non-hydrogen) atoms. The molecule has 3 nitrogen and oxygen atoms in total. The van der Waals surface area contributed by atoms with Crippen LogP contribution >= 0.6 is 11.6 Å². The molecule has 0 fully saturated rings. The van der Waals surface area contributed by atoms with Gasteiger partial charge in [0, 0.05) is 19.6 Å². The van der Waals surface area contributed by atoms with Crippen LogP contribution in [0.15, 0.2) is 0 Å². The summed E-state index contributed by atoms with van der Waals surface area (Å²) in [7, 11) is 1.67. The third-order valence-electron chi connectivity index (χ3n) is 3.32. The average Bonchev–Trinajstić information content (AvgIpc) is 2.32. The first kappa shape index (κ1) is 17.2. The molecule has 0 aliphatic heterocycles. The lowest BCUT2D eigenvalue weighted by Crippen LogP contribution is -2.27. The Morgan fingerprint density at radius 1 is 1.00 bits per heavy atom. The Morgan fingerprint density at radius 3 is 2.00 bits per heavy atom. The molecule has 0 radical (unpaired) electrons. The molecule has 0 N–H and O–H groups in total. The molecule has 0 aromatic heterocycles. The summed E-state index contributed by atoms with van der Waals surface area (Å²) >= 11 is 6.01. The Kier molecular flexibility index (Phi) is 10.2. The van der Waals surface area contributed by atoms with E-state index in [2.05, 4.69) is 20.8 Å². The van der Waals surface area contributed by atoms with Crippen molar-refractivity contribution < 1.29 is 14.2 Å². The molecule has 0 aliphatic carbocycles. The number of alkyl halides is 1. The lowest BCUT2D eigenvalue weighted by atomic mass is 9.78. The Morgan fingerprint density at radius 2 is 1.53 bits per heavy atom. The minimum absolute atomic E-state index is 0.165. The molecule has 0 saturated carbocycles. The highest BCUT2D eigenvalue weighted by Crippen LogP contribution is 2.32. The second kappa shape index (κ2) is 10.1. The fraction of sp³-hybridized carbons (Fsp3) is 1.00. The van der Waals surface area contributed by atoms with Gasteiger partial charge in [-0.3, -0.25) is 0 Å². The molecule has 0 heterocycles. The molecular formula is C13H27ClO3. The molecule has 0 aromatic rings. The molecule has 0 rings (SSSR count). The van der Waals surface area contributed by atoms with Gasteiger partial charge in [0.1, 0.15) is 0 Å². The van der Waals surface area contributed by atoms with Crippen molar-refractivity contribution in [3.05, 3.63) is 0 Å². The highest BCUT2D eigenvalue weighted by atomic mass is 35.5. The maximum Gasteiger partial charge on any atom is 0.0701 e. The van der Waals surface area contributed by atoms with Gasteiger partial charge in [-0.2, -0.15) is 0 Å². The summed E-state index contributed by atoms with van der Waals surface area (Å²) in [5.41, 5.74) is 0.165. The molecule has 1 unspecified atom stereocenters. The first-order valence-corrected chi connectivity index (χ1v) is 6.80. The third kappa shape index (κ3) is 7.98. The SMILES string of the molecule is COCCOCCOCCC(C)(CCl)C(C)C. The van der Waals surface area contributed by atoms with Crippen molar-refractivity contribution >= 4 is 11.6 Å². The third-order valence-corrected chi connectivity index (χ3v) is 3.93. The molecule has 4 heteroatoms. The normalized spacial score (nSPS) is 15.2. The maximum absolute atomic E-state index is 6.01. The van der Waals surface area contributed by atoms with Crippen molar-refractivity contribution in [2.45, 2.75) is 27.2 Å². The van der Waals surface area contributed by atoms with Crippen LogP contribution in [0.5, 0.6) is 0 Å². The number of ether oxygens (including phenoxy) is 3. The summed E-state index contributed by atoms with van der Waals surface area (Å²) in [6, 6.07) is 0. The zero-order valence-electron chi connectivity index (χ0n) is 11.6. The van der Waals surface area contributed by atoms with Crippen LogP contribution in [0.25, 0.3) is 0 Å². The number of rotatable bonds is 11. The van der Waals surface area contributed by atoms with Crippen LogP contribution in [-0.2, 0) is 14.2 Å². The standard InChI is InChI=1S/C13H27ClO3/c1-12(2)13(3,11-14)5-6-16-9-10-17-8-7-15-4/h12H,5-11H2,1-4H3. The van der Waals surface area contributed by atoms with Crippen molar-refractivity contribution in [1.29, 1.82) is 0 Å². The van der Waals surface area contributed by atoms with Gasteiger partial charge in [-0.05, 0) is 17.8 Å². The van der Waals surface area contributed by atoms with Crippen LogP contribution in [0.2, 0.25) is 0 Å². The summed E-state index contributed by atoms with van der Waals surface area (Å²) in [5.74, 6) is 1.25. The van der Waals surface area contributed by atoms with Crippen LogP contribution in [-0.4, -0.2) is 46.0 Å². The lowest BCUT2D eigenvalue weighted by Gasteiger charge is -2.31. The van der Waals surface area contributed by atoms with E-state index in [-0.39, 0.29) is 5.41 Å². The fourth-order valence-electron chi connectivity index (χ4n) is 1.28. The molecule has 0 aromatic carbocycles. The molecule has 1 atom stereocenters. The van der Waals surface area contributed by atoms with E-state index in [1.807, 2.05) is 0 Å². The van der Waals surface area contributed by atoms with Gasteiger partial charge in [-0.1, -0.05) is 20.8 Å². The van der Waals surface area contributed by atoms with E-state index < -0.39 is 0 Å². The van der Waals surface area contributed by atoms with E-state index in [4.69, 9.17) is 25.8 Å². The number of hydrogen-bond donors (Lipinski definition) is 0. The van der Waals surface area contributed by atoms with Crippen LogP contribution in [0.4, 0.5) is 0 Å². The summed E-state index contributed by atoms with van der Waals surface area (Å²) in [6.07, 6.45) is 0.992. The first-order chi connectivity index (χ1) is 8.06. The molecule has 0 spiro atoms. The van der Waals surface area contributed by atoms with E-state index in [0.29, 0.717) is 38.2 Å². The molecule has 104 valence electrons. The maximum atomic E-state index is 6.01. The van der Waals surface area contributed by atoms with Gasteiger partial charge in [-0.25, -0.2) is 0 Å². The molecule has 0 bridgehead atoms. The van der Waals surface area contributed by atoms with Gasteiger partial charge in [-0.15, -0.1) is 11.6 Å². The summed E-state index contributed by atoms with van der Waals surface area (Å²) in [4.78, 5) is 0. The second-order valence-corrected chi connectivity index (χ2v) is 5.18. The number of halogens is 1. The van der Waals surface area contributed by atoms with Gasteiger partial charge >= 0.3 is 0 Å². The highest BCUT2D eigenvalue weighted by Gasteiger charge is 2.26. The number of methoxy groups -OCH3 is 1. The fourth-order valence-corrected chi connectivity index (χ4v) is 1.72. The first-order valence-electron chi connectivity index (χ1n) is 6.27. The molecule has 0 aliphatic rings. The largest absolute Gasteiger partial charge is 0.382 e. The van der Waals surface area contributed by atoms with Crippen molar-refractivity contribution in [3.8, 4) is 0 Å². The van der Waals surface area contributed by atoms with E-state index >= 15 is 0 Å². The van der Waals surface area contributed by atoms with Crippen LogP contribution in [0, 0.1) is 11.3 Å². The molecule has 0 amide bonds. The summed E-state index contributed by atoms with van der Waals surface area (Å²) in [6.45, 7) is 9.90. The predicted molar refractivity (Wildman–Crippen MR) is 71.8 cm³/mol. The Bertz CT molecular complexity index is 176. The van der Waals surface area contributed by atoms with Gasteiger partial charge < -0.3 is 14.2 Å². The van der Waals surface area contributed by atoms with Gasteiger partial charge in [0.2, 0.25) is 0 Å². The minimum atomic E-state index is 0.165. The Hall–Kier alpha value is 0.170. The van der Waals surface area contributed by atoms with Gasteiger partial charge in [0.25, 0.3) is 0 Å². The van der Waals surface area contributed by atoms with Crippen LogP contribution in [0.3, 0.4) is 0 Å². The zero-order valence-corrected chi connectivity index (χ0v) is 12.4. The Labute approximate surface area is 111 Å². The van der Waals surface area contributed by atoms with Crippen molar-refractivity contribution in [2.75, 3.05) is 46.0 Å². The van der Waals surface area contributed by atoms with E-state index in [1.165, 1.54) is 0 Å². The van der Waals surface area contributed by atoms with Crippen molar-refractivity contribution in [2.24, 2.45) is 11.3 Å².